The molecule has 0 aliphatic carbocycles. The number of fused-ring (bicyclic) bond motifs is 1. The molecule has 0 fully saturated rings. The highest BCUT2D eigenvalue weighted by molar-refractivity contribution is 6.31. The fraction of sp³-hybridized carbons (Fsp3) is 0.238. The van der Waals surface area contributed by atoms with Gasteiger partial charge in [0.1, 0.15) is 12.3 Å². The molecule has 0 saturated carbocycles. The smallest absolute Gasteiger partial charge is 0.248 e. The van der Waals surface area contributed by atoms with Crippen LogP contribution in [0, 0.1) is 0 Å². The van der Waals surface area contributed by atoms with Crippen molar-refractivity contribution in [2.75, 3.05) is 19.7 Å². The molecular weight excluding hydrogens is 362 g/mol. The van der Waals surface area contributed by atoms with Gasteiger partial charge in [-0.2, -0.15) is 0 Å². The molecule has 1 N–H and O–H groups in total. The molecule has 0 bridgehead atoms. The molecule has 4 rings (SSSR count). The molecule has 27 heavy (non-hydrogen) atoms. The number of aromatic amines is 1. The summed E-state index contributed by atoms with van der Waals surface area (Å²) >= 11 is 6.10. The molecule has 2 aromatic heterocycles. The summed E-state index contributed by atoms with van der Waals surface area (Å²) in [5, 5.41) is 1.77. The first kappa shape index (κ1) is 17.8. The van der Waals surface area contributed by atoms with Crippen LogP contribution in [-0.2, 0) is 16.1 Å². The molecule has 0 spiro atoms. The maximum Gasteiger partial charge on any atom is 0.248 e. The monoisotopic (exact) mass is 381 g/mol. The number of hydrogen-bond acceptors (Lipinski definition) is 3. The van der Waals surface area contributed by atoms with E-state index in [1.165, 1.54) is 11.1 Å². The maximum absolute atomic E-state index is 12.4. The zero-order valence-corrected chi connectivity index (χ0v) is 15.6. The molecule has 6 heteroatoms. The van der Waals surface area contributed by atoms with Crippen LogP contribution in [-0.4, -0.2) is 40.5 Å². The topological polar surface area (TPSA) is 58.2 Å². The first-order valence-electron chi connectivity index (χ1n) is 8.93. The first-order valence-corrected chi connectivity index (χ1v) is 9.30. The van der Waals surface area contributed by atoms with Gasteiger partial charge in [0.15, 0.2) is 0 Å². The lowest BCUT2D eigenvalue weighted by atomic mass is 9.99. The Morgan fingerprint density at radius 2 is 2.15 bits per heavy atom. The largest absolute Gasteiger partial charge is 0.367 e. The van der Waals surface area contributed by atoms with Crippen LogP contribution < -0.4 is 0 Å². The van der Waals surface area contributed by atoms with E-state index in [9.17, 15) is 4.79 Å². The predicted molar refractivity (Wildman–Crippen MR) is 106 cm³/mol. The number of halogens is 1. The van der Waals surface area contributed by atoms with E-state index in [4.69, 9.17) is 16.3 Å². The molecule has 5 nitrogen and oxygen atoms in total. The second kappa shape index (κ2) is 7.94. The summed E-state index contributed by atoms with van der Waals surface area (Å²) in [5.74, 6) is -0.00190. The van der Waals surface area contributed by atoms with Crippen molar-refractivity contribution in [3.63, 3.8) is 0 Å². The molecule has 1 aromatic carbocycles. The predicted octanol–water partition coefficient (Wildman–Crippen LogP) is 4.05. The van der Waals surface area contributed by atoms with Gasteiger partial charge in [0.05, 0.1) is 6.61 Å². The normalized spacial score (nSPS) is 14.4. The molecular formula is C21H20ClN3O2. The lowest BCUT2D eigenvalue weighted by molar-refractivity contribution is -0.136. The average Bonchev–Trinajstić information content (AvgIpc) is 3.14. The second-order valence-corrected chi connectivity index (χ2v) is 6.91. The van der Waals surface area contributed by atoms with Gasteiger partial charge in [-0.15, -0.1) is 0 Å². The van der Waals surface area contributed by atoms with Crippen molar-refractivity contribution < 1.29 is 9.53 Å². The Balaban J connectivity index is 1.34. The lowest BCUT2D eigenvalue weighted by Crippen LogP contribution is -2.37. The van der Waals surface area contributed by atoms with Gasteiger partial charge in [0.25, 0.3) is 0 Å². The summed E-state index contributed by atoms with van der Waals surface area (Å²) in [6.07, 6.45) is 6.71. The molecule has 0 atom stereocenters. The second-order valence-electron chi connectivity index (χ2n) is 6.51. The van der Waals surface area contributed by atoms with E-state index in [0.717, 1.165) is 23.0 Å². The van der Waals surface area contributed by atoms with Crippen molar-refractivity contribution in [3.8, 4) is 0 Å². The molecule has 0 radical (unpaired) electrons. The summed E-state index contributed by atoms with van der Waals surface area (Å²) in [4.78, 5) is 21.8. The molecule has 0 unspecified atom stereocenters. The summed E-state index contributed by atoms with van der Waals surface area (Å²) < 4.78 is 5.56. The number of H-pyrrole nitrogens is 1. The van der Waals surface area contributed by atoms with E-state index in [1.807, 2.05) is 41.4 Å². The minimum atomic E-state index is -0.00190. The van der Waals surface area contributed by atoms with E-state index in [2.05, 4.69) is 22.1 Å². The molecule has 1 aliphatic heterocycles. The summed E-state index contributed by atoms with van der Waals surface area (Å²) in [6.45, 7) is 1.68. The zero-order chi connectivity index (χ0) is 18.6. The third kappa shape index (κ3) is 3.89. The number of carbonyl (C=O) groups excluding carboxylic acids is 1. The molecule has 3 aromatic rings. The quantitative estimate of drug-likeness (QED) is 0.725. The zero-order valence-electron chi connectivity index (χ0n) is 14.8. The van der Waals surface area contributed by atoms with Crippen molar-refractivity contribution in [1.29, 1.82) is 0 Å². The van der Waals surface area contributed by atoms with Gasteiger partial charge < -0.3 is 14.6 Å². The number of pyridine rings is 1. The van der Waals surface area contributed by atoms with Crippen LogP contribution in [0.4, 0.5) is 0 Å². The van der Waals surface area contributed by atoms with Gasteiger partial charge >= 0.3 is 0 Å². The SMILES string of the molecule is O=C(COCc1ccccc1Cl)N1CC=C(c2c[nH]c3ncccc23)CC1. The Labute approximate surface area is 162 Å². The van der Waals surface area contributed by atoms with Crippen molar-refractivity contribution >= 4 is 34.1 Å². The van der Waals surface area contributed by atoms with Crippen LogP contribution in [0.15, 0.2) is 54.9 Å². The van der Waals surface area contributed by atoms with Crippen molar-refractivity contribution in [2.45, 2.75) is 13.0 Å². The minimum absolute atomic E-state index is 0.00190. The highest BCUT2D eigenvalue weighted by Gasteiger charge is 2.19. The Morgan fingerprint density at radius 1 is 1.26 bits per heavy atom. The van der Waals surface area contributed by atoms with Gasteiger partial charge in [-0.3, -0.25) is 4.79 Å². The molecule has 1 amide bonds. The summed E-state index contributed by atoms with van der Waals surface area (Å²) in [7, 11) is 0. The number of nitrogens with zero attached hydrogens (tertiary/aromatic N) is 2. The fourth-order valence-corrected chi connectivity index (χ4v) is 3.51. The Hall–Kier alpha value is -2.63. The van der Waals surface area contributed by atoms with E-state index < -0.39 is 0 Å². The van der Waals surface area contributed by atoms with E-state index in [0.29, 0.717) is 24.7 Å². The van der Waals surface area contributed by atoms with Gasteiger partial charge in [-0.25, -0.2) is 4.98 Å². The molecule has 1 aliphatic rings. The number of nitrogens with one attached hydrogen (secondary N) is 1. The standard InChI is InChI=1S/C21H20ClN3O2/c22-19-6-2-1-4-16(19)13-27-14-20(26)25-10-7-15(8-11-25)18-12-24-21-17(18)5-3-9-23-21/h1-7,9,12H,8,10-11,13-14H2,(H,23,24). The molecule has 3 heterocycles. The van der Waals surface area contributed by atoms with Crippen LogP contribution >= 0.6 is 11.6 Å². The van der Waals surface area contributed by atoms with Crippen LogP contribution in [0.3, 0.4) is 0 Å². The van der Waals surface area contributed by atoms with Gasteiger partial charge in [0, 0.05) is 41.5 Å². The van der Waals surface area contributed by atoms with E-state index >= 15 is 0 Å². The molecule has 0 saturated heterocycles. The number of amides is 1. The first-order chi connectivity index (χ1) is 13.2. The van der Waals surface area contributed by atoms with Gasteiger partial charge in [0.2, 0.25) is 5.91 Å². The number of rotatable bonds is 5. The Kier molecular flexibility index (Phi) is 5.23. The molecule has 138 valence electrons. The minimum Gasteiger partial charge on any atom is -0.367 e. The third-order valence-corrected chi connectivity index (χ3v) is 5.17. The number of aromatic nitrogens is 2. The maximum atomic E-state index is 12.4. The van der Waals surface area contributed by atoms with Crippen LogP contribution in [0.25, 0.3) is 16.6 Å². The van der Waals surface area contributed by atoms with E-state index in [1.54, 1.807) is 6.20 Å². The Morgan fingerprint density at radius 3 is 2.96 bits per heavy atom. The summed E-state index contributed by atoms with van der Waals surface area (Å²) in [5.41, 5.74) is 4.19. The fourth-order valence-electron chi connectivity index (χ4n) is 3.32. The van der Waals surface area contributed by atoms with Crippen molar-refractivity contribution in [3.05, 3.63) is 71.0 Å². The number of benzene rings is 1. The average molecular weight is 382 g/mol. The number of hydrogen-bond donors (Lipinski definition) is 1. The van der Waals surface area contributed by atoms with Crippen LogP contribution in [0.5, 0.6) is 0 Å². The van der Waals surface area contributed by atoms with Crippen molar-refractivity contribution in [2.24, 2.45) is 0 Å². The van der Waals surface area contributed by atoms with Crippen molar-refractivity contribution in [1.82, 2.24) is 14.9 Å². The highest BCUT2D eigenvalue weighted by Crippen LogP contribution is 2.28. The Bertz CT molecular complexity index is 996. The highest BCUT2D eigenvalue weighted by atomic mass is 35.5. The van der Waals surface area contributed by atoms with Gasteiger partial charge in [-0.1, -0.05) is 35.9 Å². The number of ether oxygens (including phenoxy) is 1. The summed E-state index contributed by atoms with van der Waals surface area (Å²) in [6, 6.07) is 11.5. The van der Waals surface area contributed by atoms with Gasteiger partial charge in [-0.05, 0) is 35.8 Å². The third-order valence-electron chi connectivity index (χ3n) is 4.80. The van der Waals surface area contributed by atoms with Crippen LogP contribution in [0.2, 0.25) is 5.02 Å². The van der Waals surface area contributed by atoms with E-state index in [-0.39, 0.29) is 12.5 Å². The van der Waals surface area contributed by atoms with Crippen LogP contribution in [0.1, 0.15) is 17.5 Å². The lowest BCUT2D eigenvalue weighted by Gasteiger charge is -2.26. The number of carbonyl (C=O) groups is 1.